The Kier molecular flexibility index (Phi) is 49.9. The van der Waals surface area contributed by atoms with Crippen molar-refractivity contribution in [1.82, 2.24) is 15.4 Å². The van der Waals surface area contributed by atoms with Gasteiger partial charge in [-0.05, 0) is 6.92 Å². The van der Waals surface area contributed by atoms with E-state index >= 15 is 0 Å². The Morgan fingerprint density at radius 1 is 0.625 bits per heavy atom. The molecule has 0 bridgehead atoms. The minimum absolute atomic E-state index is 0. The molecule has 3 N–H and O–H groups in total. The molecule has 1 heterocycles. The molecule has 1 aliphatic rings. The Morgan fingerprint density at radius 3 is 0.750 bits per heavy atom. The summed E-state index contributed by atoms with van der Waals surface area (Å²) in [6.07, 6.45) is 1.15. The van der Waals surface area contributed by atoms with Gasteiger partial charge in [-0.15, -0.1) is 18.3 Å². The van der Waals surface area contributed by atoms with Crippen molar-refractivity contribution in [3.05, 3.63) is 0 Å². The first kappa shape index (κ1) is 47.7. The normalized spacial score (nSPS) is 14.5. The van der Waals surface area contributed by atoms with Crippen LogP contribution in [0.25, 0.3) is 0 Å². The van der Waals surface area contributed by atoms with Gasteiger partial charge in [0.2, 0.25) is 0 Å². The Hall–Kier alpha value is 2.52. The van der Waals surface area contributed by atoms with Crippen LogP contribution in [0.5, 0.6) is 0 Å². The molecule has 0 aromatic heterocycles. The minimum Gasteiger partial charge on any atom is -0.852 e. The molecule has 1 saturated heterocycles. The van der Waals surface area contributed by atoms with E-state index in [1.807, 2.05) is 20.8 Å². The summed E-state index contributed by atoms with van der Waals surface area (Å²) >= 11 is 34.5. The largest absolute Gasteiger partial charge is 3.00 e. The smallest absolute Gasteiger partial charge is 0.852 e. The van der Waals surface area contributed by atoms with Crippen LogP contribution in [0, 0.1) is 0 Å². The van der Waals surface area contributed by atoms with Crippen LogP contribution in [0.1, 0.15) is 67.7 Å². The van der Waals surface area contributed by atoms with Crippen molar-refractivity contribution in [2.45, 2.75) is 93.1 Å². The Labute approximate surface area is 243 Å². The Balaban J connectivity index is -0.0000000631. The van der Waals surface area contributed by atoms with Crippen LogP contribution in [-0.4, -0.2) is 65.4 Å². The van der Waals surface area contributed by atoms with E-state index in [4.69, 9.17) is 81.2 Å². The van der Waals surface area contributed by atoms with Crippen LogP contribution in [0.2, 0.25) is 0 Å². The summed E-state index contributed by atoms with van der Waals surface area (Å²) in [4.78, 5) is 0. The van der Waals surface area contributed by atoms with Crippen LogP contribution in [-0.2, 0) is 0 Å². The molecule has 3 atom stereocenters. The summed E-state index contributed by atoms with van der Waals surface area (Å²) in [6.45, 7) is 12.1. The van der Waals surface area contributed by atoms with Crippen LogP contribution >= 0.6 is 81.2 Å². The van der Waals surface area contributed by atoms with Gasteiger partial charge in [-0.1, -0.05) is 142 Å². The third-order valence-corrected chi connectivity index (χ3v) is 2.47. The zero-order valence-corrected chi connectivity index (χ0v) is 26.4. The Bertz CT molecular complexity index is 278. The van der Waals surface area contributed by atoms with E-state index in [1.54, 1.807) is 20.8 Å². The fourth-order valence-electron chi connectivity index (χ4n) is 0.453. The van der Waals surface area contributed by atoms with E-state index in [-0.39, 0.29) is 35.7 Å². The second-order valence-corrected chi connectivity index (χ2v) is 12.4. The van der Waals surface area contributed by atoms with Crippen LogP contribution in [0.15, 0.2) is 0 Å². The molecule has 6 nitrogen and oxygen atoms in total. The molecule has 1 fully saturated rings. The molecular weight excluding hydrogens is 578 g/mol. The maximum Gasteiger partial charge on any atom is 3.00 e. The zero-order chi connectivity index (χ0) is 26.1. The fourth-order valence-corrected chi connectivity index (χ4v) is 0.453. The van der Waals surface area contributed by atoms with Crippen molar-refractivity contribution in [3.63, 3.8) is 0 Å². The second kappa shape index (κ2) is 33.5. The standard InChI is InChI=1S/3C4H9O.C2H3Cl3.CCl4.Al.B3H6N3/c3*1-3-4(2)5;1-2(3,4)5;2-1(3,4)5;;1-4-2-6-3-5-1/h3*4H,3H2,1-2H3;1H3;;;1-6H/q3*-1;;;+3;. The molecule has 17 heteroatoms. The predicted molar refractivity (Wildman–Crippen MR) is 148 cm³/mol. The first-order chi connectivity index (χ1) is 13.8. The van der Waals surface area contributed by atoms with Crippen molar-refractivity contribution in [3.8, 4) is 0 Å². The first-order valence-electron chi connectivity index (χ1n) is 9.73. The fraction of sp³-hybridized carbons (Fsp3) is 1.00. The second-order valence-electron chi connectivity index (χ2n) is 6.15. The summed E-state index contributed by atoms with van der Waals surface area (Å²) in [5.74, 6) is 0. The van der Waals surface area contributed by atoms with Crippen LogP contribution in [0.4, 0.5) is 0 Å². The number of alkyl halides is 7. The number of nitrogens with one attached hydrogen (secondary N) is 3. The van der Waals surface area contributed by atoms with Gasteiger partial charge >= 0.3 is 17.4 Å². The van der Waals surface area contributed by atoms with Crippen molar-refractivity contribution < 1.29 is 15.3 Å². The van der Waals surface area contributed by atoms with Crippen molar-refractivity contribution in [2.24, 2.45) is 0 Å². The molecule has 1 aliphatic heterocycles. The molecule has 190 valence electrons. The van der Waals surface area contributed by atoms with E-state index in [0.717, 1.165) is 41.9 Å². The molecule has 0 amide bonds. The van der Waals surface area contributed by atoms with E-state index in [1.165, 1.54) is 6.92 Å². The molecule has 0 aliphatic carbocycles. The van der Waals surface area contributed by atoms with Gasteiger partial charge in [-0.3, -0.25) is 0 Å². The molecule has 32 heavy (non-hydrogen) atoms. The van der Waals surface area contributed by atoms with Crippen molar-refractivity contribution >= 4 is 121 Å². The first-order valence-corrected chi connectivity index (χ1v) is 12.4. The maximum absolute atomic E-state index is 9.90. The van der Waals surface area contributed by atoms with Gasteiger partial charge in [0.1, 0.15) is 0 Å². The topological polar surface area (TPSA) is 105 Å². The molecule has 0 saturated carbocycles. The van der Waals surface area contributed by atoms with Gasteiger partial charge in [-0.25, -0.2) is 0 Å². The van der Waals surface area contributed by atoms with Crippen molar-refractivity contribution in [2.75, 3.05) is 0 Å². The van der Waals surface area contributed by atoms with Crippen LogP contribution < -0.4 is 30.7 Å². The molecule has 0 spiro atoms. The summed E-state index contributed by atoms with van der Waals surface area (Å²) in [5.41, 5.74) is 0. The predicted octanol–water partition coefficient (Wildman–Crippen LogP) is 1.55. The van der Waals surface area contributed by atoms with E-state index < -0.39 is 7.04 Å². The van der Waals surface area contributed by atoms with Gasteiger partial charge in [0, 0.05) is 0 Å². The number of rotatable bonds is 3. The average molecular weight is 614 g/mol. The van der Waals surface area contributed by atoms with Crippen LogP contribution in [0.3, 0.4) is 0 Å². The third-order valence-electron chi connectivity index (χ3n) is 2.47. The summed E-state index contributed by atoms with van der Waals surface area (Å²) < 4.78 is -2.69. The number of halogens is 7. The molecule has 3 unspecified atom stereocenters. The van der Waals surface area contributed by atoms with E-state index in [9.17, 15) is 15.3 Å². The molecule has 0 aromatic carbocycles. The minimum atomic E-state index is -1.61. The average Bonchev–Trinajstić information content (AvgIpc) is 2.61. The summed E-state index contributed by atoms with van der Waals surface area (Å²) in [6, 6.07) is 0. The summed E-state index contributed by atoms with van der Waals surface area (Å²) in [5, 5.41) is 38.9. The molecule has 0 radical (unpaired) electrons. The monoisotopic (exact) mass is 611 g/mol. The SMILES string of the molecule is B1NBNBN1.CC(Cl)(Cl)Cl.CCC(C)[O-].CCC(C)[O-].CCC(C)[O-].ClC(Cl)(Cl)Cl.[Al+3]. The number of hydrogen-bond donors (Lipinski definition) is 3. The quantitative estimate of drug-likeness (QED) is 0.330. The van der Waals surface area contributed by atoms with Gasteiger partial charge < -0.3 is 30.7 Å². The molecule has 0 aromatic rings. The van der Waals surface area contributed by atoms with Gasteiger partial charge in [-0.2, -0.15) is 0 Å². The number of hydrogen-bond acceptors (Lipinski definition) is 6. The summed E-state index contributed by atoms with van der Waals surface area (Å²) in [7, 11) is 2.81. The van der Waals surface area contributed by atoms with E-state index in [2.05, 4.69) is 15.4 Å². The Morgan fingerprint density at radius 2 is 0.719 bits per heavy atom. The zero-order valence-electron chi connectivity index (χ0n) is 19.9. The van der Waals surface area contributed by atoms with Crippen molar-refractivity contribution in [1.29, 1.82) is 0 Å². The molecular formula is C15H36AlB3Cl7N3O3. The molecule has 1 rings (SSSR count). The van der Waals surface area contributed by atoms with Gasteiger partial charge in [0.25, 0.3) is 25.9 Å². The maximum atomic E-state index is 9.90. The van der Waals surface area contributed by atoms with Gasteiger partial charge in [0.15, 0.2) is 3.79 Å². The van der Waals surface area contributed by atoms with Gasteiger partial charge in [0.05, 0.1) is 0 Å². The third kappa shape index (κ3) is 153. The van der Waals surface area contributed by atoms with E-state index in [0.29, 0.717) is 0 Å².